The van der Waals surface area contributed by atoms with Crippen LogP contribution in [0.5, 0.6) is 0 Å². The van der Waals surface area contributed by atoms with Gasteiger partial charge in [0, 0.05) is 17.6 Å². The summed E-state index contributed by atoms with van der Waals surface area (Å²) in [6.45, 7) is 2.71. The van der Waals surface area contributed by atoms with E-state index in [9.17, 15) is 9.90 Å². The molecule has 1 aliphatic carbocycles. The van der Waals surface area contributed by atoms with Gasteiger partial charge in [-0.1, -0.05) is 0 Å². The Morgan fingerprint density at radius 1 is 1.53 bits per heavy atom. The van der Waals surface area contributed by atoms with Crippen LogP contribution in [-0.2, 0) is 11.2 Å². The first-order valence-electron chi connectivity index (χ1n) is 7.03. The quantitative estimate of drug-likeness (QED) is 0.785. The Morgan fingerprint density at radius 2 is 2.37 bits per heavy atom. The number of rotatable bonds is 6. The van der Waals surface area contributed by atoms with Crippen molar-refractivity contribution in [2.45, 2.75) is 51.6 Å². The van der Waals surface area contributed by atoms with Crippen LogP contribution in [-0.4, -0.2) is 28.6 Å². The highest BCUT2D eigenvalue weighted by molar-refractivity contribution is 7.09. The van der Waals surface area contributed by atoms with Crippen LogP contribution in [0.15, 0.2) is 5.38 Å². The molecule has 1 aromatic heterocycles. The van der Waals surface area contributed by atoms with E-state index in [1.165, 1.54) is 5.01 Å². The summed E-state index contributed by atoms with van der Waals surface area (Å²) in [5.41, 5.74) is 1.09. The molecule has 2 unspecified atom stereocenters. The summed E-state index contributed by atoms with van der Waals surface area (Å²) >= 11 is 1.70. The first-order valence-corrected chi connectivity index (χ1v) is 7.91. The molecule has 0 radical (unpaired) electrons. The van der Waals surface area contributed by atoms with E-state index in [-0.39, 0.29) is 11.8 Å². The van der Waals surface area contributed by atoms with E-state index in [4.69, 9.17) is 0 Å². The summed E-state index contributed by atoms with van der Waals surface area (Å²) < 4.78 is 0. The lowest BCUT2D eigenvalue weighted by Gasteiger charge is -2.14. The number of amides is 1. The van der Waals surface area contributed by atoms with Crippen molar-refractivity contribution >= 4 is 17.2 Å². The number of hydrogen-bond acceptors (Lipinski definition) is 4. The largest absolute Gasteiger partial charge is 0.392 e. The zero-order valence-corrected chi connectivity index (χ0v) is 12.2. The second-order valence-corrected chi connectivity index (χ2v) is 6.18. The fourth-order valence-electron chi connectivity index (χ4n) is 2.51. The number of hydrogen-bond donors (Lipinski definition) is 2. The lowest BCUT2D eigenvalue weighted by Crippen LogP contribution is -2.35. The molecule has 1 fully saturated rings. The number of aryl methyl sites for hydroxylation is 2. The van der Waals surface area contributed by atoms with Crippen LogP contribution in [0.2, 0.25) is 0 Å². The van der Waals surface area contributed by atoms with Crippen molar-refractivity contribution < 1.29 is 9.90 Å². The molecule has 1 saturated carbocycles. The Morgan fingerprint density at radius 3 is 3.00 bits per heavy atom. The summed E-state index contributed by atoms with van der Waals surface area (Å²) in [4.78, 5) is 16.2. The molecule has 1 aromatic rings. The van der Waals surface area contributed by atoms with Gasteiger partial charge in [-0.15, -0.1) is 11.3 Å². The molecule has 1 amide bonds. The number of nitrogens with one attached hydrogen (secondary N) is 1. The van der Waals surface area contributed by atoms with Crippen LogP contribution in [0.3, 0.4) is 0 Å². The highest BCUT2D eigenvalue weighted by Gasteiger charge is 2.30. The molecule has 0 bridgehead atoms. The van der Waals surface area contributed by atoms with Gasteiger partial charge in [-0.25, -0.2) is 4.98 Å². The Bertz CT molecular complexity index is 419. The molecule has 0 aliphatic heterocycles. The molecule has 0 aromatic carbocycles. The molecule has 106 valence electrons. The minimum Gasteiger partial charge on any atom is -0.392 e. The van der Waals surface area contributed by atoms with Crippen LogP contribution >= 0.6 is 11.3 Å². The normalized spacial score (nSPS) is 22.6. The van der Waals surface area contributed by atoms with Crippen molar-refractivity contribution in [1.29, 1.82) is 0 Å². The van der Waals surface area contributed by atoms with Crippen molar-refractivity contribution in [2.24, 2.45) is 5.92 Å². The summed E-state index contributed by atoms with van der Waals surface area (Å²) in [6, 6.07) is 0. The molecule has 0 saturated heterocycles. The summed E-state index contributed by atoms with van der Waals surface area (Å²) in [7, 11) is 0. The van der Waals surface area contributed by atoms with E-state index in [1.807, 2.05) is 6.92 Å². The van der Waals surface area contributed by atoms with Crippen LogP contribution in [0.25, 0.3) is 0 Å². The Labute approximate surface area is 118 Å². The van der Waals surface area contributed by atoms with Gasteiger partial charge in [-0.05, 0) is 45.4 Å². The van der Waals surface area contributed by atoms with E-state index >= 15 is 0 Å². The number of thiazole rings is 1. The SMILES string of the molecule is Cc1csc(CCCCNC(=O)C2CCCC2O)n1. The average molecular weight is 282 g/mol. The molecular weight excluding hydrogens is 260 g/mol. The third-order valence-corrected chi connectivity index (χ3v) is 4.63. The Balaban J connectivity index is 1.58. The number of carbonyl (C=O) groups excluding carboxylic acids is 1. The van der Waals surface area contributed by atoms with E-state index in [0.717, 1.165) is 44.2 Å². The van der Waals surface area contributed by atoms with Gasteiger partial charge in [-0.2, -0.15) is 0 Å². The molecule has 2 rings (SSSR count). The maximum Gasteiger partial charge on any atom is 0.225 e. The summed E-state index contributed by atoms with van der Waals surface area (Å²) in [6.07, 6.45) is 5.11. The highest BCUT2D eigenvalue weighted by atomic mass is 32.1. The van der Waals surface area contributed by atoms with Crippen LogP contribution in [0.4, 0.5) is 0 Å². The van der Waals surface area contributed by atoms with E-state index < -0.39 is 6.10 Å². The topological polar surface area (TPSA) is 62.2 Å². The van der Waals surface area contributed by atoms with Gasteiger partial charge in [0.2, 0.25) is 5.91 Å². The lowest BCUT2D eigenvalue weighted by atomic mass is 10.1. The Kier molecular flexibility index (Phi) is 5.34. The summed E-state index contributed by atoms with van der Waals surface area (Å²) in [5.74, 6) is -0.156. The maximum atomic E-state index is 11.8. The highest BCUT2D eigenvalue weighted by Crippen LogP contribution is 2.25. The van der Waals surface area contributed by atoms with Crippen LogP contribution in [0, 0.1) is 12.8 Å². The van der Waals surface area contributed by atoms with Gasteiger partial charge in [0.1, 0.15) is 0 Å². The number of aliphatic hydroxyl groups is 1. The van der Waals surface area contributed by atoms with Gasteiger partial charge < -0.3 is 10.4 Å². The lowest BCUT2D eigenvalue weighted by molar-refractivity contribution is -0.127. The van der Waals surface area contributed by atoms with Gasteiger partial charge in [-0.3, -0.25) is 4.79 Å². The number of aliphatic hydroxyl groups excluding tert-OH is 1. The number of unbranched alkanes of at least 4 members (excludes halogenated alkanes) is 1. The molecule has 2 atom stereocenters. The fraction of sp³-hybridized carbons (Fsp3) is 0.714. The van der Waals surface area contributed by atoms with Gasteiger partial charge >= 0.3 is 0 Å². The van der Waals surface area contributed by atoms with Crippen molar-refractivity contribution in [2.75, 3.05) is 6.54 Å². The molecular formula is C14H22N2O2S. The fourth-order valence-corrected chi connectivity index (χ4v) is 3.33. The third-order valence-electron chi connectivity index (χ3n) is 3.60. The van der Waals surface area contributed by atoms with Gasteiger partial charge in [0.25, 0.3) is 0 Å². The smallest absolute Gasteiger partial charge is 0.225 e. The minimum atomic E-state index is -0.432. The molecule has 1 aliphatic rings. The first-order chi connectivity index (χ1) is 9.16. The number of aromatic nitrogens is 1. The zero-order valence-electron chi connectivity index (χ0n) is 11.4. The van der Waals surface area contributed by atoms with Gasteiger partial charge in [0.15, 0.2) is 0 Å². The predicted octanol–water partition coefficient (Wildman–Crippen LogP) is 2.05. The van der Waals surface area contributed by atoms with Crippen LogP contribution in [0.1, 0.15) is 42.8 Å². The summed E-state index contributed by atoms with van der Waals surface area (Å²) in [5, 5.41) is 15.8. The molecule has 0 spiro atoms. The molecule has 5 heteroatoms. The van der Waals surface area contributed by atoms with Crippen molar-refractivity contribution in [3.63, 3.8) is 0 Å². The average Bonchev–Trinajstić information content (AvgIpc) is 2.97. The molecule has 4 nitrogen and oxygen atoms in total. The first kappa shape index (κ1) is 14.5. The van der Waals surface area contributed by atoms with Crippen molar-refractivity contribution in [1.82, 2.24) is 10.3 Å². The molecule has 1 heterocycles. The second-order valence-electron chi connectivity index (χ2n) is 5.24. The van der Waals surface area contributed by atoms with E-state index in [1.54, 1.807) is 11.3 Å². The maximum absolute atomic E-state index is 11.8. The third kappa shape index (κ3) is 4.28. The number of nitrogens with zero attached hydrogens (tertiary/aromatic N) is 1. The predicted molar refractivity (Wildman–Crippen MR) is 76.1 cm³/mol. The van der Waals surface area contributed by atoms with Gasteiger partial charge in [0.05, 0.1) is 17.0 Å². The zero-order chi connectivity index (χ0) is 13.7. The van der Waals surface area contributed by atoms with Crippen molar-refractivity contribution in [3.05, 3.63) is 16.1 Å². The Hall–Kier alpha value is -0.940. The second kappa shape index (κ2) is 7.01. The minimum absolute atomic E-state index is 0.0232. The van der Waals surface area contributed by atoms with E-state index in [2.05, 4.69) is 15.7 Å². The molecule has 2 N–H and O–H groups in total. The standard InChI is InChI=1S/C14H22N2O2S/c1-10-9-19-13(16-10)7-2-3-8-15-14(18)11-5-4-6-12(11)17/h9,11-12,17H,2-8H2,1H3,(H,15,18). The number of carbonyl (C=O) groups is 1. The van der Waals surface area contributed by atoms with E-state index in [0.29, 0.717) is 6.54 Å². The molecule has 19 heavy (non-hydrogen) atoms. The van der Waals surface area contributed by atoms with Crippen LogP contribution < -0.4 is 5.32 Å². The monoisotopic (exact) mass is 282 g/mol. The van der Waals surface area contributed by atoms with Crippen molar-refractivity contribution in [3.8, 4) is 0 Å².